The zero-order chi connectivity index (χ0) is 12.1. The van der Waals surface area contributed by atoms with Crippen molar-refractivity contribution in [3.63, 3.8) is 0 Å². The van der Waals surface area contributed by atoms with Gasteiger partial charge in [-0.3, -0.25) is 10.1 Å². The number of hydrogen-bond acceptors (Lipinski definition) is 3. The van der Waals surface area contributed by atoms with Gasteiger partial charge in [0.2, 0.25) is 0 Å². The first-order valence-corrected chi connectivity index (χ1v) is 5.76. The summed E-state index contributed by atoms with van der Waals surface area (Å²) in [6, 6.07) is 9.05. The summed E-state index contributed by atoms with van der Waals surface area (Å²) in [6.07, 6.45) is 0.168. The molecule has 1 aromatic rings. The van der Waals surface area contributed by atoms with Crippen LogP contribution in [0.2, 0.25) is 0 Å². The van der Waals surface area contributed by atoms with Crippen molar-refractivity contribution >= 4 is 21.7 Å². The molecule has 0 amide bonds. The van der Waals surface area contributed by atoms with Crippen LogP contribution >= 0.6 is 15.9 Å². The second-order valence-corrected chi connectivity index (χ2v) is 4.52. The molecule has 0 radical (unpaired) electrons. The fraction of sp³-hybridized carbons (Fsp3) is 0.364. The number of nitro groups is 1. The highest BCUT2D eigenvalue weighted by atomic mass is 79.9. The van der Waals surface area contributed by atoms with Crippen molar-refractivity contribution < 1.29 is 9.72 Å². The molecule has 86 valence electrons. The third-order valence-electron chi connectivity index (χ3n) is 2.27. The number of ketones is 1. The van der Waals surface area contributed by atoms with Crippen LogP contribution in [0.1, 0.15) is 24.8 Å². The lowest BCUT2D eigenvalue weighted by Crippen LogP contribution is -2.23. The number of halogens is 1. The van der Waals surface area contributed by atoms with E-state index in [1.165, 1.54) is 6.92 Å². The summed E-state index contributed by atoms with van der Waals surface area (Å²) in [5.74, 6) is -0.478. The molecular formula is C11H12BrNO3. The standard InChI is InChI=1S/C11H12BrNO3/c1-8(14)7-10(11(12)13(15)16)9-5-3-2-4-6-9/h2-6,10-11H,7H2,1H3. The van der Waals surface area contributed by atoms with E-state index in [2.05, 4.69) is 15.9 Å². The van der Waals surface area contributed by atoms with Crippen LogP contribution in [0, 0.1) is 10.1 Å². The van der Waals surface area contributed by atoms with Crippen molar-refractivity contribution in [3.05, 3.63) is 46.0 Å². The maximum atomic E-state index is 11.1. The van der Waals surface area contributed by atoms with E-state index in [-0.39, 0.29) is 12.2 Å². The number of rotatable bonds is 5. The number of Topliss-reactive ketones (excluding diaryl/α,β-unsaturated/α-hetero) is 1. The largest absolute Gasteiger partial charge is 0.300 e. The van der Waals surface area contributed by atoms with Gasteiger partial charge in [0.1, 0.15) is 5.78 Å². The van der Waals surface area contributed by atoms with E-state index in [4.69, 9.17) is 0 Å². The molecule has 0 saturated carbocycles. The summed E-state index contributed by atoms with van der Waals surface area (Å²) in [6.45, 7) is 1.44. The van der Waals surface area contributed by atoms with E-state index >= 15 is 0 Å². The van der Waals surface area contributed by atoms with E-state index in [9.17, 15) is 14.9 Å². The maximum absolute atomic E-state index is 11.1. The topological polar surface area (TPSA) is 60.2 Å². The zero-order valence-corrected chi connectivity index (χ0v) is 10.4. The lowest BCUT2D eigenvalue weighted by atomic mass is 9.94. The van der Waals surface area contributed by atoms with E-state index in [1.807, 2.05) is 18.2 Å². The molecule has 2 unspecified atom stereocenters. The van der Waals surface area contributed by atoms with Gasteiger partial charge >= 0.3 is 0 Å². The molecule has 0 aromatic heterocycles. The molecule has 0 saturated heterocycles. The molecule has 1 aromatic carbocycles. The third kappa shape index (κ3) is 3.41. The highest BCUT2D eigenvalue weighted by molar-refractivity contribution is 9.09. The van der Waals surface area contributed by atoms with Crippen molar-refractivity contribution in [2.45, 2.75) is 24.2 Å². The second-order valence-electron chi connectivity index (χ2n) is 3.58. The Kier molecular flexibility index (Phi) is 4.61. The molecular weight excluding hydrogens is 274 g/mol. The summed E-state index contributed by atoms with van der Waals surface area (Å²) >= 11 is 3.02. The molecule has 0 spiro atoms. The van der Waals surface area contributed by atoms with E-state index in [0.717, 1.165) is 5.56 Å². The van der Waals surface area contributed by atoms with Crippen LogP contribution in [0.5, 0.6) is 0 Å². The van der Waals surface area contributed by atoms with Gasteiger partial charge in [-0.15, -0.1) is 0 Å². The highest BCUT2D eigenvalue weighted by Crippen LogP contribution is 2.28. The summed E-state index contributed by atoms with van der Waals surface area (Å²) in [5, 5.41) is 10.7. The van der Waals surface area contributed by atoms with Crippen molar-refractivity contribution in [1.82, 2.24) is 0 Å². The van der Waals surface area contributed by atoms with Crippen LogP contribution in [0.3, 0.4) is 0 Å². The Morgan fingerprint density at radius 2 is 2.00 bits per heavy atom. The molecule has 16 heavy (non-hydrogen) atoms. The fourth-order valence-electron chi connectivity index (χ4n) is 1.53. The molecule has 2 atom stereocenters. The summed E-state index contributed by atoms with van der Waals surface area (Å²) in [5.41, 5.74) is 0.802. The van der Waals surface area contributed by atoms with E-state index in [0.29, 0.717) is 0 Å². The molecule has 5 heteroatoms. The molecule has 0 bridgehead atoms. The Morgan fingerprint density at radius 1 is 1.44 bits per heavy atom. The summed E-state index contributed by atoms with van der Waals surface area (Å²) in [4.78, 5) is 20.5. The van der Waals surface area contributed by atoms with Gasteiger partial charge in [-0.2, -0.15) is 0 Å². The Labute approximate surface area is 102 Å². The van der Waals surface area contributed by atoms with E-state index in [1.54, 1.807) is 12.1 Å². The second kappa shape index (κ2) is 5.75. The lowest BCUT2D eigenvalue weighted by molar-refractivity contribution is -0.496. The maximum Gasteiger partial charge on any atom is 0.272 e. The Balaban J connectivity index is 2.96. The SMILES string of the molecule is CC(=O)CC(c1ccccc1)C(Br)[N+](=O)[O-]. The molecule has 0 aliphatic rings. The normalized spacial score (nSPS) is 14.1. The van der Waals surface area contributed by atoms with Crippen LogP contribution in [-0.2, 0) is 4.79 Å². The molecule has 0 heterocycles. The Bertz CT molecular complexity index is 380. The molecule has 0 fully saturated rings. The average Bonchev–Trinajstić information content (AvgIpc) is 2.26. The monoisotopic (exact) mass is 285 g/mol. The van der Waals surface area contributed by atoms with Crippen molar-refractivity contribution in [1.29, 1.82) is 0 Å². The first-order chi connectivity index (χ1) is 7.52. The van der Waals surface area contributed by atoms with Gasteiger partial charge < -0.3 is 4.79 Å². The molecule has 4 nitrogen and oxygen atoms in total. The van der Waals surface area contributed by atoms with Gasteiger partial charge in [0, 0.05) is 11.3 Å². The Morgan fingerprint density at radius 3 is 2.44 bits per heavy atom. The summed E-state index contributed by atoms with van der Waals surface area (Å²) in [7, 11) is 0. The minimum absolute atomic E-state index is 0.0554. The smallest absolute Gasteiger partial charge is 0.272 e. The van der Waals surface area contributed by atoms with Crippen molar-refractivity contribution in [2.24, 2.45) is 0 Å². The molecule has 0 aliphatic carbocycles. The van der Waals surface area contributed by atoms with Crippen LogP contribution in [0.25, 0.3) is 0 Å². The number of carbonyl (C=O) groups is 1. The predicted molar refractivity (Wildman–Crippen MR) is 64.2 cm³/mol. The van der Waals surface area contributed by atoms with Gasteiger partial charge in [0.15, 0.2) is 0 Å². The summed E-state index contributed by atoms with van der Waals surface area (Å²) < 4.78 is 0. The highest BCUT2D eigenvalue weighted by Gasteiger charge is 2.30. The molecule has 0 N–H and O–H groups in total. The first kappa shape index (κ1) is 12.8. The minimum Gasteiger partial charge on any atom is -0.300 e. The quantitative estimate of drug-likeness (QED) is 0.362. The van der Waals surface area contributed by atoms with Crippen molar-refractivity contribution in [2.75, 3.05) is 0 Å². The van der Waals surface area contributed by atoms with Crippen LogP contribution in [-0.4, -0.2) is 15.7 Å². The first-order valence-electron chi connectivity index (χ1n) is 4.84. The number of hydrogen-bond donors (Lipinski definition) is 0. The van der Waals surface area contributed by atoms with Gasteiger partial charge in [0.05, 0.1) is 5.92 Å². The Hall–Kier alpha value is -1.23. The van der Waals surface area contributed by atoms with Crippen LogP contribution < -0.4 is 0 Å². The predicted octanol–water partition coefficient (Wildman–Crippen LogP) is 2.75. The molecule has 1 rings (SSSR count). The van der Waals surface area contributed by atoms with E-state index < -0.39 is 15.8 Å². The number of benzene rings is 1. The lowest BCUT2D eigenvalue weighted by Gasteiger charge is -2.15. The van der Waals surface area contributed by atoms with Gasteiger partial charge in [0.25, 0.3) is 4.95 Å². The number of nitrogens with zero attached hydrogens (tertiary/aromatic N) is 1. The van der Waals surface area contributed by atoms with Gasteiger partial charge in [-0.05, 0) is 28.4 Å². The number of alkyl halides is 1. The van der Waals surface area contributed by atoms with Crippen LogP contribution in [0.15, 0.2) is 30.3 Å². The third-order valence-corrected chi connectivity index (χ3v) is 3.24. The average molecular weight is 286 g/mol. The minimum atomic E-state index is -0.932. The fourth-order valence-corrected chi connectivity index (χ4v) is 2.02. The van der Waals surface area contributed by atoms with Gasteiger partial charge in [-0.1, -0.05) is 30.3 Å². The van der Waals surface area contributed by atoms with Crippen LogP contribution in [0.4, 0.5) is 0 Å². The number of carbonyl (C=O) groups excluding carboxylic acids is 1. The van der Waals surface area contributed by atoms with Crippen molar-refractivity contribution in [3.8, 4) is 0 Å². The van der Waals surface area contributed by atoms with Gasteiger partial charge in [-0.25, -0.2) is 0 Å². The molecule has 0 aliphatic heterocycles. The zero-order valence-electron chi connectivity index (χ0n) is 8.80.